The second-order valence-electron chi connectivity index (χ2n) is 7.75. The van der Waals surface area contributed by atoms with Crippen LogP contribution < -0.4 is 4.74 Å². The van der Waals surface area contributed by atoms with Crippen LogP contribution in [0.4, 0.5) is 0 Å². The molecule has 0 aliphatic carbocycles. The van der Waals surface area contributed by atoms with Crippen LogP contribution in [-0.2, 0) is 9.53 Å². The number of likely N-dealkylation sites (tertiary alicyclic amines) is 1. The predicted molar refractivity (Wildman–Crippen MR) is 118 cm³/mol. The Hall–Kier alpha value is -2.86. The lowest BCUT2D eigenvalue weighted by atomic mass is 9.97. The van der Waals surface area contributed by atoms with Gasteiger partial charge in [-0.2, -0.15) is 0 Å². The molecule has 2 aromatic rings. The summed E-state index contributed by atoms with van der Waals surface area (Å²) in [4.78, 5) is 38.8. The summed E-state index contributed by atoms with van der Waals surface area (Å²) >= 11 is 5.87. The Morgan fingerprint density at radius 2 is 1.65 bits per heavy atom. The van der Waals surface area contributed by atoms with Gasteiger partial charge in [0.25, 0.3) is 5.91 Å². The first kappa shape index (κ1) is 22.8. The van der Waals surface area contributed by atoms with E-state index in [9.17, 15) is 14.4 Å². The van der Waals surface area contributed by atoms with Crippen molar-refractivity contribution in [2.45, 2.75) is 45.2 Å². The smallest absolute Gasteiger partial charge is 0.338 e. The minimum absolute atomic E-state index is 0.0392. The van der Waals surface area contributed by atoms with Gasteiger partial charge in [0.15, 0.2) is 19.0 Å². The monoisotopic (exact) mass is 443 g/mol. The van der Waals surface area contributed by atoms with E-state index in [0.29, 0.717) is 16.3 Å². The largest absolute Gasteiger partial charge is 0.484 e. The van der Waals surface area contributed by atoms with Crippen molar-refractivity contribution in [2.24, 2.45) is 0 Å². The highest BCUT2D eigenvalue weighted by Crippen LogP contribution is 2.23. The van der Waals surface area contributed by atoms with Crippen LogP contribution in [0.25, 0.3) is 0 Å². The molecule has 6 nitrogen and oxygen atoms in total. The minimum atomic E-state index is -0.617. The van der Waals surface area contributed by atoms with E-state index in [1.807, 2.05) is 4.90 Å². The number of ether oxygens (including phenoxy) is 2. The molecule has 0 spiro atoms. The lowest BCUT2D eigenvalue weighted by Gasteiger charge is -2.38. The van der Waals surface area contributed by atoms with Gasteiger partial charge in [0, 0.05) is 22.7 Å². The SMILES string of the molecule is C[C@H]1CCC[C@H](C)N1C(=O)COc1ccc(C(=O)OCC(=O)c2cccc(Cl)c2)cc1. The molecule has 3 rings (SSSR count). The zero-order valence-electron chi connectivity index (χ0n) is 17.7. The molecule has 0 bridgehead atoms. The molecule has 164 valence electrons. The summed E-state index contributed by atoms with van der Waals surface area (Å²) in [5, 5.41) is 0.440. The molecule has 0 aromatic heterocycles. The second kappa shape index (κ2) is 10.4. The van der Waals surface area contributed by atoms with E-state index in [0.717, 1.165) is 19.3 Å². The highest BCUT2D eigenvalue weighted by molar-refractivity contribution is 6.31. The first-order valence-corrected chi connectivity index (χ1v) is 10.7. The van der Waals surface area contributed by atoms with E-state index in [1.165, 1.54) is 18.2 Å². The number of nitrogens with zero attached hydrogens (tertiary/aromatic N) is 1. The van der Waals surface area contributed by atoms with Crippen LogP contribution in [0.5, 0.6) is 5.75 Å². The molecule has 1 amide bonds. The van der Waals surface area contributed by atoms with Crippen LogP contribution in [0.2, 0.25) is 5.02 Å². The van der Waals surface area contributed by atoms with Gasteiger partial charge in [-0.15, -0.1) is 0 Å². The molecular formula is C24H26ClNO5. The lowest BCUT2D eigenvalue weighted by molar-refractivity contribution is -0.139. The van der Waals surface area contributed by atoms with E-state index in [-0.39, 0.29) is 42.6 Å². The number of esters is 1. The molecule has 2 atom stereocenters. The Morgan fingerprint density at radius 1 is 0.968 bits per heavy atom. The predicted octanol–water partition coefficient (Wildman–Crippen LogP) is 4.55. The van der Waals surface area contributed by atoms with E-state index < -0.39 is 5.97 Å². The summed E-state index contributed by atoms with van der Waals surface area (Å²) in [6, 6.07) is 13.2. The highest BCUT2D eigenvalue weighted by Gasteiger charge is 2.29. The molecule has 2 aromatic carbocycles. The number of Topliss-reactive ketones (excluding diaryl/α,β-unsaturated/α-hetero) is 1. The van der Waals surface area contributed by atoms with Gasteiger partial charge in [0.1, 0.15) is 5.75 Å². The van der Waals surface area contributed by atoms with Crippen LogP contribution in [0, 0.1) is 0 Å². The maximum atomic E-state index is 12.5. The minimum Gasteiger partial charge on any atom is -0.484 e. The summed E-state index contributed by atoms with van der Waals surface area (Å²) in [6.45, 7) is 3.70. The van der Waals surface area contributed by atoms with Crippen molar-refractivity contribution < 1.29 is 23.9 Å². The van der Waals surface area contributed by atoms with Crippen molar-refractivity contribution in [3.8, 4) is 5.75 Å². The van der Waals surface area contributed by atoms with E-state index in [4.69, 9.17) is 21.1 Å². The third kappa shape index (κ3) is 6.07. The van der Waals surface area contributed by atoms with Crippen molar-refractivity contribution in [3.05, 3.63) is 64.7 Å². The number of amides is 1. The number of halogens is 1. The molecule has 31 heavy (non-hydrogen) atoms. The van der Waals surface area contributed by atoms with Crippen molar-refractivity contribution in [1.29, 1.82) is 0 Å². The molecule has 0 saturated carbocycles. The van der Waals surface area contributed by atoms with Crippen molar-refractivity contribution in [1.82, 2.24) is 4.90 Å². The average Bonchev–Trinajstić information content (AvgIpc) is 2.76. The number of hydrogen-bond acceptors (Lipinski definition) is 5. The number of rotatable bonds is 7. The van der Waals surface area contributed by atoms with Gasteiger partial charge in [-0.3, -0.25) is 9.59 Å². The summed E-state index contributed by atoms with van der Waals surface area (Å²) in [6.07, 6.45) is 3.15. The van der Waals surface area contributed by atoms with Crippen LogP contribution in [0.15, 0.2) is 48.5 Å². The quantitative estimate of drug-likeness (QED) is 0.463. The molecule has 0 unspecified atom stereocenters. The topological polar surface area (TPSA) is 72.9 Å². The van der Waals surface area contributed by atoms with Gasteiger partial charge in [-0.05, 0) is 69.5 Å². The van der Waals surface area contributed by atoms with Crippen LogP contribution in [-0.4, -0.2) is 47.9 Å². The highest BCUT2D eigenvalue weighted by atomic mass is 35.5. The fraction of sp³-hybridized carbons (Fsp3) is 0.375. The molecule has 1 fully saturated rings. The Morgan fingerprint density at radius 3 is 2.29 bits per heavy atom. The maximum absolute atomic E-state index is 12.5. The second-order valence-corrected chi connectivity index (χ2v) is 8.19. The third-order valence-corrected chi connectivity index (χ3v) is 5.65. The number of carbonyl (C=O) groups is 3. The summed E-state index contributed by atoms with van der Waals surface area (Å²) in [7, 11) is 0. The summed E-state index contributed by atoms with van der Waals surface area (Å²) in [5.41, 5.74) is 0.668. The molecule has 0 radical (unpaired) electrons. The number of carbonyl (C=O) groups excluding carboxylic acids is 3. The van der Waals surface area contributed by atoms with E-state index in [1.54, 1.807) is 30.3 Å². The Labute approximate surface area is 187 Å². The number of ketones is 1. The first-order valence-electron chi connectivity index (χ1n) is 10.3. The fourth-order valence-electron chi connectivity index (χ4n) is 3.78. The normalized spacial score (nSPS) is 18.4. The van der Waals surface area contributed by atoms with Crippen LogP contribution in [0.3, 0.4) is 0 Å². The zero-order chi connectivity index (χ0) is 22.4. The molecule has 7 heteroatoms. The maximum Gasteiger partial charge on any atom is 0.338 e. The van der Waals surface area contributed by atoms with Crippen LogP contribution >= 0.6 is 11.6 Å². The molecule has 1 aliphatic rings. The van der Waals surface area contributed by atoms with Gasteiger partial charge in [0.2, 0.25) is 0 Å². The van der Waals surface area contributed by atoms with Gasteiger partial charge < -0.3 is 14.4 Å². The molecule has 1 heterocycles. The standard InChI is InChI=1S/C24H26ClNO5/c1-16-5-3-6-17(2)26(16)23(28)15-30-21-11-9-18(10-12-21)24(29)31-14-22(27)19-7-4-8-20(25)13-19/h4,7-13,16-17H,3,5-6,14-15H2,1-2H3/t16-,17-/m0/s1. The van der Waals surface area contributed by atoms with Gasteiger partial charge >= 0.3 is 5.97 Å². The fourth-order valence-corrected chi connectivity index (χ4v) is 3.97. The van der Waals surface area contributed by atoms with Crippen LogP contribution in [0.1, 0.15) is 53.8 Å². The molecule has 0 N–H and O–H groups in total. The number of hydrogen-bond donors (Lipinski definition) is 0. The first-order chi connectivity index (χ1) is 14.8. The van der Waals surface area contributed by atoms with E-state index >= 15 is 0 Å². The number of benzene rings is 2. The van der Waals surface area contributed by atoms with E-state index in [2.05, 4.69) is 13.8 Å². The number of piperidine rings is 1. The lowest BCUT2D eigenvalue weighted by Crippen LogP contribution is -2.49. The molecule has 1 saturated heterocycles. The zero-order valence-corrected chi connectivity index (χ0v) is 18.4. The Bertz CT molecular complexity index is 933. The van der Waals surface area contributed by atoms with Crippen molar-refractivity contribution in [2.75, 3.05) is 13.2 Å². The van der Waals surface area contributed by atoms with Gasteiger partial charge in [-0.1, -0.05) is 23.7 Å². The molecular weight excluding hydrogens is 418 g/mol. The van der Waals surface area contributed by atoms with Crippen molar-refractivity contribution >= 4 is 29.3 Å². The van der Waals surface area contributed by atoms with Gasteiger partial charge in [0.05, 0.1) is 5.56 Å². The van der Waals surface area contributed by atoms with Crippen molar-refractivity contribution in [3.63, 3.8) is 0 Å². The van der Waals surface area contributed by atoms with Gasteiger partial charge in [-0.25, -0.2) is 4.79 Å². The summed E-state index contributed by atoms with van der Waals surface area (Å²) in [5.74, 6) is -0.510. The average molecular weight is 444 g/mol. The molecule has 1 aliphatic heterocycles. The Balaban J connectivity index is 1.49. The summed E-state index contributed by atoms with van der Waals surface area (Å²) < 4.78 is 10.7. The Kier molecular flexibility index (Phi) is 7.69. The third-order valence-electron chi connectivity index (χ3n) is 5.41.